The molecular formula is C24H33N3. The van der Waals surface area contributed by atoms with E-state index in [1.54, 1.807) is 0 Å². The fourth-order valence-electron chi connectivity index (χ4n) is 4.78. The molecule has 1 N–H and O–H groups in total. The van der Waals surface area contributed by atoms with E-state index in [2.05, 4.69) is 82.7 Å². The van der Waals surface area contributed by atoms with Gasteiger partial charge in [0.1, 0.15) is 0 Å². The van der Waals surface area contributed by atoms with Crippen LogP contribution in [0.5, 0.6) is 0 Å². The molecule has 0 amide bonds. The van der Waals surface area contributed by atoms with Gasteiger partial charge in [-0.1, -0.05) is 67.1 Å². The number of hydrogen-bond acceptors (Lipinski definition) is 3. The lowest BCUT2D eigenvalue weighted by molar-refractivity contribution is 0.0965. The number of nitrogens with one attached hydrogen (secondary N) is 1. The third-order valence-corrected chi connectivity index (χ3v) is 6.19. The lowest BCUT2D eigenvalue weighted by atomic mass is 9.96. The molecular weight excluding hydrogens is 330 g/mol. The van der Waals surface area contributed by atoms with Crippen molar-refractivity contribution in [1.82, 2.24) is 15.1 Å². The Morgan fingerprint density at radius 2 is 1.44 bits per heavy atom. The van der Waals surface area contributed by atoms with Gasteiger partial charge in [-0.15, -0.1) is 0 Å². The summed E-state index contributed by atoms with van der Waals surface area (Å²) in [6, 6.07) is 23.7. The van der Waals surface area contributed by atoms with Crippen molar-refractivity contribution in [2.45, 2.75) is 44.3 Å². The summed E-state index contributed by atoms with van der Waals surface area (Å²) in [4.78, 5) is 5.33. The van der Waals surface area contributed by atoms with Gasteiger partial charge in [0.25, 0.3) is 0 Å². The van der Waals surface area contributed by atoms with Gasteiger partial charge < -0.3 is 5.32 Å². The Morgan fingerprint density at radius 3 is 2.00 bits per heavy atom. The summed E-state index contributed by atoms with van der Waals surface area (Å²) in [5.74, 6) is 0. The van der Waals surface area contributed by atoms with Gasteiger partial charge in [-0.25, -0.2) is 0 Å². The van der Waals surface area contributed by atoms with E-state index in [1.807, 2.05) is 0 Å². The van der Waals surface area contributed by atoms with Crippen molar-refractivity contribution >= 4 is 0 Å². The molecule has 0 aromatic heterocycles. The molecule has 144 valence electrons. The maximum Gasteiger partial charge on any atom is 0.0602 e. The number of nitrogens with zero attached hydrogens (tertiary/aromatic N) is 2. The molecule has 3 heteroatoms. The van der Waals surface area contributed by atoms with E-state index in [1.165, 1.54) is 50.0 Å². The average Bonchev–Trinajstić information content (AvgIpc) is 2.71. The van der Waals surface area contributed by atoms with Crippen LogP contribution in [0.15, 0.2) is 60.7 Å². The zero-order chi connectivity index (χ0) is 18.5. The van der Waals surface area contributed by atoms with Crippen molar-refractivity contribution < 1.29 is 0 Å². The van der Waals surface area contributed by atoms with Crippen LogP contribution in [0.3, 0.4) is 0 Å². The standard InChI is InChI=1S/C24H33N3/c1-20-9-8-14-23(25-20)19-26-15-17-27(18-16-26)24(21-10-4-2-5-11-21)22-12-6-3-7-13-22/h2-7,10-13,20,23-25H,8-9,14-19H2,1H3. The fraction of sp³-hybridized carbons (Fsp3) is 0.500. The Bertz CT molecular complexity index is 640. The SMILES string of the molecule is CC1CCCC(CN2CCN(C(c3ccccc3)c3ccccc3)CC2)N1. The first kappa shape index (κ1) is 18.7. The Morgan fingerprint density at radius 1 is 0.852 bits per heavy atom. The van der Waals surface area contributed by atoms with Crippen LogP contribution < -0.4 is 5.32 Å². The number of rotatable bonds is 5. The van der Waals surface area contributed by atoms with Crippen LogP contribution >= 0.6 is 0 Å². The number of piperazine rings is 1. The summed E-state index contributed by atoms with van der Waals surface area (Å²) in [7, 11) is 0. The minimum atomic E-state index is 0.363. The molecule has 0 radical (unpaired) electrons. The summed E-state index contributed by atoms with van der Waals surface area (Å²) in [6.45, 7) is 8.15. The van der Waals surface area contributed by atoms with Gasteiger partial charge in [-0.05, 0) is 30.9 Å². The van der Waals surface area contributed by atoms with E-state index in [0.29, 0.717) is 18.1 Å². The first-order valence-electron chi connectivity index (χ1n) is 10.6. The molecule has 3 nitrogen and oxygen atoms in total. The molecule has 0 saturated carbocycles. The van der Waals surface area contributed by atoms with Gasteiger partial charge >= 0.3 is 0 Å². The number of hydrogen-bond donors (Lipinski definition) is 1. The van der Waals surface area contributed by atoms with Crippen molar-refractivity contribution in [2.24, 2.45) is 0 Å². The highest BCUT2D eigenvalue weighted by molar-refractivity contribution is 5.31. The van der Waals surface area contributed by atoms with Gasteiger partial charge in [0, 0.05) is 44.8 Å². The second-order valence-corrected chi connectivity index (χ2v) is 8.26. The summed E-state index contributed by atoms with van der Waals surface area (Å²) in [5, 5.41) is 3.79. The van der Waals surface area contributed by atoms with E-state index in [-0.39, 0.29) is 0 Å². The van der Waals surface area contributed by atoms with Crippen LogP contribution in [0, 0.1) is 0 Å². The molecule has 2 aromatic rings. The van der Waals surface area contributed by atoms with Gasteiger partial charge in [-0.2, -0.15) is 0 Å². The molecule has 0 spiro atoms. The first-order valence-corrected chi connectivity index (χ1v) is 10.6. The molecule has 2 heterocycles. The van der Waals surface area contributed by atoms with Gasteiger partial charge in [0.05, 0.1) is 6.04 Å². The van der Waals surface area contributed by atoms with E-state index in [9.17, 15) is 0 Å². The Hall–Kier alpha value is -1.68. The predicted octanol–water partition coefficient (Wildman–Crippen LogP) is 3.92. The summed E-state index contributed by atoms with van der Waals surface area (Å²) < 4.78 is 0. The van der Waals surface area contributed by atoms with Crippen molar-refractivity contribution in [1.29, 1.82) is 0 Å². The number of benzene rings is 2. The normalized spacial score (nSPS) is 25.0. The highest BCUT2D eigenvalue weighted by Gasteiger charge is 2.28. The lowest BCUT2D eigenvalue weighted by Crippen LogP contribution is -2.53. The molecule has 2 aliphatic heterocycles. The third kappa shape index (κ3) is 4.78. The van der Waals surface area contributed by atoms with E-state index in [4.69, 9.17) is 0 Å². The molecule has 4 rings (SSSR count). The molecule has 2 atom stereocenters. The maximum atomic E-state index is 3.79. The molecule has 27 heavy (non-hydrogen) atoms. The number of piperidine rings is 1. The molecule has 2 saturated heterocycles. The van der Waals surface area contributed by atoms with Gasteiger partial charge in [0.15, 0.2) is 0 Å². The van der Waals surface area contributed by atoms with Gasteiger partial charge in [-0.3, -0.25) is 9.80 Å². The van der Waals surface area contributed by atoms with E-state index >= 15 is 0 Å². The van der Waals surface area contributed by atoms with Crippen LogP contribution in [0.1, 0.15) is 43.4 Å². The van der Waals surface area contributed by atoms with Crippen molar-refractivity contribution in [3.05, 3.63) is 71.8 Å². The molecule has 2 aliphatic rings. The predicted molar refractivity (Wildman–Crippen MR) is 113 cm³/mol. The van der Waals surface area contributed by atoms with Crippen LogP contribution in [0.2, 0.25) is 0 Å². The quantitative estimate of drug-likeness (QED) is 0.868. The van der Waals surface area contributed by atoms with Crippen LogP contribution in [-0.2, 0) is 0 Å². The first-order chi connectivity index (χ1) is 13.3. The summed E-state index contributed by atoms with van der Waals surface area (Å²) in [6.07, 6.45) is 4.05. The highest BCUT2D eigenvalue weighted by atomic mass is 15.3. The molecule has 0 bridgehead atoms. The Labute approximate surface area is 164 Å². The van der Waals surface area contributed by atoms with Crippen molar-refractivity contribution in [2.75, 3.05) is 32.7 Å². The third-order valence-electron chi connectivity index (χ3n) is 6.19. The fourth-order valence-corrected chi connectivity index (χ4v) is 4.78. The molecule has 2 fully saturated rings. The monoisotopic (exact) mass is 363 g/mol. The zero-order valence-electron chi connectivity index (χ0n) is 16.6. The van der Waals surface area contributed by atoms with Crippen LogP contribution in [0.25, 0.3) is 0 Å². The van der Waals surface area contributed by atoms with Crippen LogP contribution in [-0.4, -0.2) is 54.6 Å². The van der Waals surface area contributed by atoms with Crippen LogP contribution in [0.4, 0.5) is 0 Å². The summed E-state index contributed by atoms with van der Waals surface area (Å²) in [5.41, 5.74) is 2.81. The smallest absolute Gasteiger partial charge is 0.0602 e. The summed E-state index contributed by atoms with van der Waals surface area (Å²) >= 11 is 0. The second-order valence-electron chi connectivity index (χ2n) is 8.26. The average molecular weight is 364 g/mol. The minimum absolute atomic E-state index is 0.363. The Balaban J connectivity index is 1.41. The molecule has 2 unspecified atom stereocenters. The van der Waals surface area contributed by atoms with Gasteiger partial charge in [0.2, 0.25) is 0 Å². The minimum Gasteiger partial charge on any atom is -0.310 e. The maximum absolute atomic E-state index is 3.79. The molecule has 0 aliphatic carbocycles. The molecule has 2 aromatic carbocycles. The van der Waals surface area contributed by atoms with Crippen molar-refractivity contribution in [3.8, 4) is 0 Å². The lowest BCUT2D eigenvalue weighted by Gasteiger charge is -2.41. The topological polar surface area (TPSA) is 18.5 Å². The van der Waals surface area contributed by atoms with E-state index in [0.717, 1.165) is 13.1 Å². The Kier molecular flexibility index (Phi) is 6.23. The second kappa shape index (κ2) is 9.01. The van der Waals surface area contributed by atoms with Crippen molar-refractivity contribution in [3.63, 3.8) is 0 Å². The van der Waals surface area contributed by atoms with E-state index < -0.39 is 0 Å². The highest BCUT2D eigenvalue weighted by Crippen LogP contribution is 2.29. The largest absolute Gasteiger partial charge is 0.310 e. The zero-order valence-corrected chi connectivity index (χ0v) is 16.6.